The number of halogens is 1. The number of aromatic nitrogens is 2. The Labute approximate surface area is 177 Å². The molecule has 30 heavy (non-hydrogen) atoms. The number of carbonyl (C=O) groups is 1. The molecule has 4 rings (SSSR count). The fraction of sp³-hybridized carbons (Fsp3) is 0.238. The number of amides is 1. The molecule has 1 aliphatic heterocycles. The van der Waals surface area contributed by atoms with Crippen LogP contribution >= 0.6 is 11.6 Å². The van der Waals surface area contributed by atoms with Crippen LogP contribution in [0.4, 0.5) is 0 Å². The number of benzene rings is 2. The molecule has 1 aliphatic rings. The third-order valence-electron chi connectivity index (χ3n) is 4.58. The Hall–Kier alpha value is -3.39. The highest BCUT2D eigenvalue weighted by Crippen LogP contribution is 2.21. The highest BCUT2D eigenvalue weighted by molar-refractivity contribution is 6.39. The van der Waals surface area contributed by atoms with E-state index in [4.69, 9.17) is 25.7 Å². The van der Waals surface area contributed by atoms with E-state index in [1.165, 1.54) is 0 Å². The van der Waals surface area contributed by atoms with Crippen LogP contribution in [0.15, 0.2) is 58.2 Å². The number of methoxy groups -OCH3 is 1. The molecule has 2 aromatic carbocycles. The first kappa shape index (κ1) is 19.9. The van der Waals surface area contributed by atoms with Crippen molar-refractivity contribution in [2.75, 3.05) is 7.11 Å². The highest BCUT2D eigenvalue weighted by Gasteiger charge is 2.27. The zero-order valence-corrected chi connectivity index (χ0v) is 16.9. The largest absolute Gasteiger partial charge is 0.497 e. The average Bonchev–Trinajstić information content (AvgIpc) is 3.43. The predicted octanol–water partition coefficient (Wildman–Crippen LogP) is 3.40. The Morgan fingerprint density at radius 2 is 1.97 bits per heavy atom. The molecule has 9 heteroatoms. The lowest BCUT2D eigenvalue weighted by atomic mass is 10.1. The van der Waals surface area contributed by atoms with Gasteiger partial charge in [-0.1, -0.05) is 34.0 Å². The molecule has 154 valence electrons. The summed E-state index contributed by atoms with van der Waals surface area (Å²) in [5.41, 5.74) is 2.08. The molecule has 1 aromatic heterocycles. The summed E-state index contributed by atoms with van der Waals surface area (Å²) in [6, 6.07) is 14.6. The smallest absolute Gasteiger partial charge is 0.269 e. The van der Waals surface area contributed by atoms with Crippen molar-refractivity contribution in [3.05, 3.63) is 64.9 Å². The van der Waals surface area contributed by atoms with Crippen LogP contribution in [0.2, 0.25) is 5.02 Å². The van der Waals surface area contributed by atoms with E-state index in [9.17, 15) is 4.79 Å². The fourth-order valence-electron chi connectivity index (χ4n) is 2.95. The number of carbonyl (C=O) groups excluding carboxylic acids is 1. The minimum Gasteiger partial charge on any atom is -0.497 e. The zero-order valence-electron chi connectivity index (χ0n) is 16.2. The van der Waals surface area contributed by atoms with E-state index in [0.717, 1.165) is 16.9 Å². The minimum atomic E-state index is -0.317. The fourth-order valence-corrected chi connectivity index (χ4v) is 3.08. The van der Waals surface area contributed by atoms with Crippen molar-refractivity contribution in [3.8, 4) is 17.2 Å². The molecule has 1 amide bonds. The minimum absolute atomic E-state index is 0.261. The van der Waals surface area contributed by atoms with Gasteiger partial charge in [0.05, 0.1) is 13.5 Å². The van der Waals surface area contributed by atoms with Gasteiger partial charge < -0.3 is 19.4 Å². The van der Waals surface area contributed by atoms with Gasteiger partial charge in [-0.3, -0.25) is 4.79 Å². The number of nitrogens with zero attached hydrogens (tertiary/aromatic N) is 3. The maximum Gasteiger partial charge on any atom is 0.269 e. The molecule has 1 atom stereocenters. The molecule has 0 saturated heterocycles. The second-order valence-electron chi connectivity index (χ2n) is 6.73. The molecule has 3 aromatic rings. The van der Waals surface area contributed by atoms with Crippen molar-refractivity contribution in [1.82, 2.24) is 15.5 Å². The molecule has 0 bridgehead atoms. The summed E-state index contributed by atoms with van der Waals surface area (Å²) in [7, 11) is 1.61. The first-order valence-corrected chi connectivity index (χ1v) is 9.71. The number of ether oxygens (including phenoxy) is 1. The number of oxime groups is 1. The predicted molar refractivity (Wildman–Crippen MR) is 110 cm³/mol. The Bertz CT molecular complexity index is 1050. The molecular formula is C21H19ClN4O4. The third-order valence-corrected chi connectivity index (χ3v) is 4.83. The van der Waals surface area contributed by atoms with Gasteiger partial charge in [0.25, 0.3) is 11.8 Å². The standard InChI is InChI=1S/C21H19ClN4O4/c1-28-16-8-2-13(3-9-16)12-23-20(27)18-10-17(29-25-18)11-19-24-21(30-26-19)14-4-6-15(22)7-5-14/h2-9,17H,10-12H2,1H3,(H,23,27)/t17-/m1/s1. The summed E-state index contributed by atoms with van der Waals surface area (Å²) < 4.78 is 10.4. The lowest BCUT2D eigenvalue weighted by molar-refractivity contribution is -0.115. The molecule has 0 spiro atoms. The van der Waals surface area contributed by atoms with Gasteiger partial charge in [0.2, 0.25) is 0 Å². The second-order valence-corrected chi connectivity index (χ2v) is 7.16. The summed E-state index contributed by atoms with van der Waals surface area (Å²) in [5.74, 6) is 1.39. The first-order valence-electron chi connectivity index (χ1n) is 9.33. The lowest BCUT2D eigenvalue weighted by Gasteiger charge is -2.06. The molecule has 0 radical (unpaired) electrons. The van der Waals surface area contributed by atoms with Crippen LogP contribution in [-0.2, 0) is 22.6 Å². The lowest BCUT2D eigenvalue weighted by Crippen LogP contribution is -2.30. The highest BCUT2D eigenvalue weighted by atomic mass is 35.5. The Balaban J connectivity index is 1.27. The molecule has 0 fully saturated rings. The summed E-state index contributed by atoms with van der Waals surface area (Å²) in [6.45, 7) is 0.391. The first-order chi connectivity index (χ1) is 14.6. The van der Waals surface area contributed by atoms with Crippen LogP contribution in [0.25, 0.3) is 11.5 Å². The van der Waals surface area contributed by atoms with Gasteiger partial charge in [0.1, 0.15) is 17.6 Å². The van der Waals surface area contributed by atoms with Crippen molar-refractivity contribution in [2.45, 2.75) is 25.5 Å². The van der Waals surface area contributed by atoms with Crippen molar-refractivity contribution in [2.24, 2.45) is 5.16 Å². The van der Waals surface area contributed by atoms with Gasteiger partial charge in [-0.2, -0.15) is 4.98 Å². The SMILES string of the molecule is COc1ccc(CNC(=O)C2=NO[C@@H](Cc3noc(-c4ccc(Cl)cc4)n3)C2)cc1. The van der Waals surface area contributed by atoms with Gasteiger partial charge in [0, 0.05) is 23.6 Å². The van der Waals surface area contributed by atoms with Crippen LogP contribution in [0.1, 0.15) is 17.8 Å². The maximum absolute atomic E-state index is 12.3. The average molecular weight is 427 g/mol. The van der Waals surface area contributed by atoms with Crippen molar-refractivity contribution < 1.29 is 18.9 Å². The van der Waals surface area contributed by atoms with Gasteiger partial charge in [0.15, 0.2) is 5.82 Å². The third kappa shape index (κ3) is 4.77. The van der Waals surface area contributed by atoms with E-state index in [-0.39, 0.29) is 12.0 Å². The molecule has 0 unspecified atom stereocenters. The molecular weight excluding hydrogens is 408 g/mol. The number of hydrogen-bond donors (Lipinski definition) is 1. The molecule has 2 heterocycles. The van der Waals surface area contributed by atoms with Crippen molar-refractivity contribution in [1.29, 1.82) is 0 Å². The summed E-state index contributed by atoms with van der Waals surface area (Å²) in [6.07, 6.45) is 0.442. The van der Waals surface area contributed by atoms with Crippen LogP contribution in [-0.4, -0.2) is 35.0 Å². The van der Waals surface area contributed by atoms with Gasteiger partial charge in [-0.05, 0) is 42.0 Å². The van der Waals surface area contributed by atoms with E-state index in [0.29, 0.717) is 41.8 Å². The van der Waals surface area contributed by atoms with Gasteiger partial charge in [-0.25, -0.2) is 0 Å². The quantitative estimate of drug-likeness (QED) is 0.621. The maximum atomic E-state index is 12.3. The monoisotopic (exact) mass is 426 g/mol. The zero-order chi connectivity index (χ0) is 20.9. The van der Waals surface area contributed by atoms with Crippen LogP contribution in [0, 0.1) is 0 Å². The van der Waals surface area contributed by atoms with Crippen LogP contribution < -0.4 is 10.1 Å². The molecule has 0 aliphatic carbocycles. The molecule has 1 N–H and O–H groups in total. The van der Waals surface area contributed by atoms with Crippen LogP contribution in [0.3, 0.4) is 0 Å². The summed E-state index contributed by atoms with van der Waals surface area (Å²) in [5, 5.41) is 11.4. The van der Waals surface area contributed by atoms with Crippen LogP contribution in [0.5, 0.6) is 5.75 Å². The van der Waals surface area contributed by atoms with E-state index >= 15 is 0 Å². The number of nitrogens with one attached hydrogen (secondary N) is 1. The van der Waals surface area contributed by atoms with Crippen molar-refractivity contribution >= 4 is 23.2 Å². The van der Waals surface area contributed by atoms with Gasteiger partial charge >= 0.3 is 0 Å². The molecule has 0 saturated carbocycles. The summed E-state index contributed by atoms with van der Waals surface area (Å²) >= 11 is 5.89. The van der Waals surface area contributed by atoms with E-state index in [1.807, 2.05) is 24.3 Å². The van der Waals surface area contributed by atoms with Gasteiger partial charge in [-0.15, -0.1) is 0 Å². The van der Waals surface area contributed by atoms with E-state index in [1.54, 1.807) is 31.4 Å². The van der Waals surface area contributed by atoms with E-state index < -0.39 is 0 Å². The second kappa shape index (κ2) is 8.96. The summed E-state index contributed by atoms with van der Waals surface area (Å²) in [4.78, 5) is 22.1. The Morgan fingerprint density at radius 3 is 2.70 bits per heavy atom. The van der Waals surface area contributed by atoms with Crippen molar-refractivity contribution in [3.63, 3.8) is 0 Å². The number of rotatable bonds is 7. The Morgan fingerprint density at radius 1 is 1.20 bits per heavy atom. The number of hydrogen-bond acceptors (Lipinski definition) is 7. The Kier molecular flexibility index (Phi) is 5.94. The van der Waals surface area contributed by atoms with E-state index in [2.05, 4.69) is 20.6 Å². The molecule has 8 nitrogen and oxygen atoms in total. The topological polar surface area (TPSA) is 98.8 Å². The normalized spacial score (nSPS) is 15.4.